The minimum atomic E-state index is -0.445. The van der Waals surface area contributed by atoms with E-state index in [0.717, 1.165) is 48.5 Å². The molecule has 0 aliphatic carbocycles. The average Bonchev–Trinajstić information content (AvgIpc) is 3.26. The smallest absolute Gasteiger partial charge is 0.340 e. The van der Waals surface area contributed by atoms with E-state index in [4.69, 9.17) is 4.74 Å². The third-order valence-corrected chi connectivity index (χ3v) is 5.84. The van der Waals surface area contributed by atoms with Gasteiger partial charge in [0.15, 0.2) is 6.61 Å². The first kappa shape index (κ1) is 17.9. The van der Waals surface area contributed by atoms with Crippen molar-refractivity contribution in [2.75, 3.05) is 19.7 Å². The van der Waals surface area contributed by atoms with E-state index >= 15 is 0 Å². The zero-order valence-electron chi connectivity index (χ0n) is 14.0. The molecular formula is C19H21NO3S2. The van der Waals surface area contributed by atoms with Gasteiger partial charge in [0.1, 0.15) is 0 Å². The highest BCUT2D eigenvalue weighted by Gasteiger charge is 2.20. The molecule has 1 aliphatic rings. The monoisotopic (exact) mass is 375 g/mol. The molecule has 3 heterocycles. The van der Waals surface area contributed by atoms with Crippen LogP contribution in [0.5, 0.6) is 0 Å². The molecule has 4 nitrogen and oxygen atoms in total. The number of thiophene rings is 2. The molecule has 2 aromatic rings. The molecule has 25 heavy (non-hydrogen) atoms. The Kier molecular flexibility index (Phi) is 6.42. The molecule has 0 unspecified atom stereocenters. The molecule has 0 saturated carbocycles. The van der Waals surface area contributed by atoms with Gasteiger partial charge in [0, 0.05) is 22.8 Å². The van der Waals surface area contributed by atoms with Gasteiger partial charge in [0.25, 0.3) is 5.91 Å². The van der Waals surface area contributed by atoms with E-state index in [2.05, 4.69) is 0 Å². The minimum absolute atomic E-state index is 0.100. The fourth-order valence-electron chi connectivity index (χ4n) is 2.79. The number of rotatable bonds is 5. The molecule has 0 N–H and O–H groups in total. The molecule has 1 fully saturated rings. The predicted molar refractivity (Wildman–Crippen MR) is 103 cm³/mol. The number of nitrogens with zero attached hydrogens (tertiary/aromatic N) is 1. The van der Waals surface area contributed by atoms with Crippen molar-refractivity contribution in [1.82, 2.24) is 4.90 Å². The van der Waals surface area contributed by atoms with Crippen molar-refractivity contribution >= 4 is 46.2 Å². The van der Waals surface area contributed by atoms with E-state index in [-0.39, 0.29) is 12.5 Å². The van der Waals surface area contributed by atoms with E-state index in [1.54, 1.807) is 11.3 Å². The highest BCUT2D eigenvalue weighted by atomic mass is 32.1. The van der Waals surface area contributed by atoms with Gasteiger partial charge in [-0.15, -0.1) is 22.7 Å². The van der Waals surface area contributed by atoms with Crippen LogP contribution in [0.4, 0.5) is 0 Å². The van der Waals surface area contributed by atoms with Crippen LogP contribution in [0.2, 0.25) is 0 Å². The lowest BCUT2D eigenvalue weighted by atomic mass is 10.2. The fraction of sp³-hybridized carbons (Fsp3) is 0.368. The summed E-state index contributed by atoms with van der Waals surface area (Å²) in [5.41, 5.74) is 0.501. The van der Waals surface area contributed by atoms with E-state index in [0.29, 0.717) is 5.57 Å². The molecule has 1 saturated heterocycles. The standard InChI is InChI=1S/C19H21NO3S2/c21-18(20-9-3-1-2-4-10-20)14-23-19(22)16(17-8-6-12-25-17)13-15-7-5-11-24-15/h5-8,11-13H,1-4,9-10,14H2/b16-13+. The van der Waals surface area contributed by atoms with Crippen molar-refractivity contribution in [2.45, 2.75) is 25.7 Å². The number of esters is 1. The summed E-state index contributed by atoms with van der Waals surface area (Å²) in [5, 5.41) is 3.89. The quantitative estimate of drug-likeness (QED) is 0.578. The largest absolute Gasteiger partial charge is 0.452 e. The molecule has 1 amide bonds. The fourth-order valence-corrected chi connectivity index (χ4v) is 4.18. The Bertz CT molecular complexity index is 712. The van der Waals surface area contributed by atoms with Crippen LogP contribution < -0.4 is 0 Å². The van der Waals surface area contributed by atoms with E-state index in [9.17, 15) is 9.59 Å². The lowest BCUT2D eigenvalue weighted by Gasteiger charge is -2.20. The van der Waals surface area contributed by atoms with Crippen LogP contribution in [0.25, 0.3) is 11.6 Å². The van der Waals surface area contributed by atoms with Crippen LogP contribution in [-0.2, 0) is 14.3 Å². The number of hydrogen-bond donors (Lipinski definition) is 0. The highest BCUT2D eigenvalue weighted by Crippen LogP contribution is 2.25. The van der Waals surface area contributed by atoms with Gasteiger partial charge in [-0.3, -0.25) is 4.79 Å². The number of carbonyl (C=O) groups excluding carboxylic acids is 2. The molecule has 0 bridgehead atoms. The second-order valence-corrected chi connectivity index (χ2v) is 7.85. The Morgan fingerprint density at radius 3 is 2.40 bits per heavy atom. The van der Waals surface area contributed by atoms with Gasteiger partial charge < -0.3 is 9.64 Å². The number of likely N-dealkylation sites (tertiary alicyclic amines) is 1. The summed E-state index contributed by atoms with van der Waals surface area (Å²) in [4.78, 5) is 28.5. The van der Waals surface area contributed by atoms with Crippen LogP contribution >= 0.6 is 22.7 Å². The maximum atomic E-state index is 12.6. The summed E-state index contributed by atoms with van der Waals surface area (Å²) in [7, 11) is 0. The van der Waals surface area contributed by atoms with Crippen LogP contribution in [0.15, 0.2) is 35.0 Å². The maximum Gasteiger partial charge on any atom is 0.340 e. The Morgan fingerprint density at radius 2 is 1.76 bits per heavy atom. The van der Waals surface area contributed by atoms with Crippen molar-refractivity contribution < 1.29 is 14.3 Å². The van der Waals surface area contributed by atoms with Crippen LogP contribution in [0, 0.1) is 0 Å². The third kappa shape index (κ3) is 5.03. The summed E-state index contributed by atoms with van der Waals surface area (Å²) in [6.07, 6.45) is 6.21. The first-order valence-corrected chi connectivity index (χ1v) is 10.2. The molecule has 132 valence electrons. The van der Waals surface area contributed by atoms with Crippen molar-refractivity contribution in [3.05, 3.63) is 44.8 Å². The summed E-state index contributed by atoms with van der Waals surface area (Å²) in [5.74, 6) is -0.545. The zero-order valence-corrected chi connectivity index (χ0v) is 15.6. The van der Waals surface area contributed by atoms with E-state index in [1.807, 2.05) is 46.0 Å². The molecule has 0 aromatic carbocycles. The van der Waals surface area contributed by atoms with Gasteiger partial charge in [0.2, 0.25) is 0 Å². The number of carbonyl (C=O) groups is 2. The van der Waals surface area contributed by atoms with Gasteiger partial charge in [-0.2, -0.15) is 0 Å². The van der Waals surface area contributed by atoms with Crippen molar-refractivity contribution in [3.63, 3.8) is 0 Å². The van der Waals surface area contributed by atoms with E-state index < -0.39 is 5.97 Å². The molecule has 6 heteroatoms. The van der Waals surface area contributed by atoms with Gasteiger partial charge in [-0.1, -0.05) is 25.0 Å². The normalized spacial score (nSPS) is 15.7. The second kappa shape index (κ2) is 8.97. The SMILES string of the molecule is O=C(OCC(=O)N1CCCCCC1)/C(=C/c1cccs1)c1cccs1. The lowest BCUT2D eigenvalue weighted by molar-refractivity contribution is -0.147. The van der Waals surface area contributed by atoms with Crippen LogP contribution in [-0.4, -0.2) is 36.5 Å². The molecule has 2 aromatic heterocycles. The number of ether oxygens (including phenoxy) is 1. The summed E-state index contributed by atoms with van der Waals surface area (Å²) in [6, 6.07) is 7.69. The topological polar surface area (TPSA) is 46.6 Å². The summed E-state index contributed by atoms with van der Waals surface area (Å²) < 4.78 is 5.35. The lowest BCUT2D eigenvalue weighted by Crippen LogP contribution is -2.35. The Hall–Kier alpha value is -1.92. The van der Waals surface area contributed by atoms with E-state index in [1.165, 1.54) is 11.3 Å². The maximum absolute atomic E-state index is 12.6. The first-order valence-electron chi connectivity index (χ1n) is 8.48. The van der Waals surface area contributed by atoms with Gasteiger partial charge in [0.05, 0.1) is 5.57 Å². The molecule has 0 atom stereocenters. The second-order valence-electron chi connectivity index (χ2n) is 5.92. The minimum Gasteiger partial charge on any atom is -0.452 e. The van der Waals surface area contributed by atoms with Crippen LogP contribution in [0.1, 0.15) is 35.4 Å². The zero-order chi connectivity index (χ0) is 17.5. The molecule has 0 radical (unpaired) electrons. The third-order valence-electron chi connectivity index (χ3n) is 4.12. The highest BCUT2D eigenvalue weighted by molar-refractivity contribution is 7.12. The molecular weight excluding hydrogens is 354 g/mol. The predicted octanol–water partition coefficient (Wildman–Crippen LogP) is 4.30. The van der Waals surface area contributed by atoms with Crippen LogP contribution in [0.3, 0.4) is 0 Å². The van der Waals surface area contributed by atoms with Gasteiger partial charge in [-0.25, -0.2) is 4.79 Å². The molecule has 3 rings (SSSR count). The van der Waals surface area contributed by atoms with Crippen molar-refractivity contribution in [3.8, 4) is 0 Å². The first-order chi connectivity index (χ1) is 12.2. The van der Waals surface area contributed by atoms with Gasteiger partial charge >= 0.3 is 5.97 Å². The Morgan fingerprint density at radius 1 is 1.04 bits per heavy atom. The molecule has 0 spiro atoms. The summed E-state index contributed by atoms with van der Waals surface area (Å²) >= 11 is 3.05. The van der Waals surface area contributed by atoms with Gasteiger partial charge in [-0.05, 0) is 41.8 Å². The average molecular weight is 376 g/mol. The molecule has 1 aliphatic heterocycles. The number of hydrogen-bond acceptors (Lipinski definition) is 5. The van der Waals surface area contributed by atoms with Crippen molar-refractivity contribution in [2.24, 2.45) is 0 Å². The summed E-state index contributed by atoms with van der Waals surface area (Å²) in [6.45, 7) is 1.34. The van der Waals surface area contributed by atoms with Crippen molar-refractivity contribution in [1.29, 1.82) is 0 Å². The number of amides is 1. The Balaban J connectivity index is 1.65. The Labute approximate surface area is 155 Å².